The zero-order valence-electron chi connectivity index (χ0n) is 19.0. The molecule has 2 radical (unpaired) electrons. The monoisotopic (exact) mass is 401 g/mol. The molecule has 0 fully saturated rings. The topological polar surface area (TPSA) is 25.0 Å². The zero-order chi connectivity index (χ0) is 21.6. The first-order valence-corrected chi connectivity index (χ1v) is 10.4. The molecule has 0 aromatic heterocycles. The van der Waals surface area contributed by atoms with Gasteiger partial charge >= 0.3 is 0 Å². The van der Waals surface area contributed by atoms with Gasteiger partial charge in [-0.25, -0.2) is 0 Å². The molecule has 0 atom stereocenters. The van der Waals surface area contributed by atoms with Crippen LogP contribution in [0.2, 0.25) is 0 Å². The van der Waals surface area contributed by atoms with Crippen LogP contribution in [0.25, 0.3) is 0 Å². The summed E-state index contributed by atoms with van der Waals surface area (Å²) < 4.78 is 0. The van der Waals surface area contributed by atoms with E-state index in [2.05, 4.69) is 123 Å². The Kier molecular flexibility index (Phi) is 5.24. The number of benzene rings is 2. The highest BCUT2D eigenvalue weighted by molar-refractivity contribution is 5.64. The van der Waals surface area contributed by atoms with E-state index >= 15 is 0 Å². The standard InChI is InChI=1S/C25H31N5/c1-17-10-19(3)24(20(4)11-17)29-9-8-28(16-29)14-23-15-30(26-27(23)7)25-21(5)12-18(2)13-22(25)6/h8-13,15,26H,14H2,1-7H3. The number of hydrazine groups is 2. The van der Waals surface area contributed by atoms with Crippen LogP contribution in [-0.2, 0) is 0 Å². The SMILES string of the molecule is Cc1cc(C)c(N2[C]N(CC3=CN(c4c(C)cc(C)cc4C)NN3C)C=C2)c(C)c1. The number of hydrogen-bond acceptors (Lipinski definition) is 5. The van der Waals surface area contributed by atoms with Gasteiger partial charge in [0.15, 0.2) is 0 Å². The van der Waals surface area contributed by atoms with Gasteiger partial charge in [-0.15, -0.1) is 5.53 Å². The second-order valence-electron chi connectivity index (χ2n) is 8.54. The minimum atomic E-state index is 0.737. The molecule has 2 aromatic carbocycles. The van der Waals surface area contributed by atoms with Gasteiger partial charge in [0, 0.05) is 31.3 Å². The van der Waals surface area contributed by atoms with Gasteiger partial charge in [0.1, 0.15) is 0 Å². The highest BCUT2D eigenvalue weighted by Crippen LogP contribution is 2.32. The fourth-order valence-electron chi connectivity index (χ4n) is 4.60. The smallest absolute Gasteiger partial charge is 0.213 e. The summed E-state index contributed by atoms with van der Waals surface area (Å²) in [7, 11) is 2.05. The maximum absolute atomic E-state index is 3.48. The van der Waals surface area contributed by atoms with Crippen LogP contribution in [0.1, 0.15) is 33.4 Å². The number of anilines is 2. The molecule has 2 heterocycles. The molecule has 0 spiro atoms. The van der Waals surface area contributed by atoms with Crippen molar-refractivity contribution in [3.8, 4) is 0 Å². The number of rotatable bonds is 4. The summed E-state index contributed by atoms with van der Waals surface area (Å²) in [5.74, 6) is 0. The third kappa shape index (κ3) is 3.77. The number of nitrogens with one attached hydrogen (secondary N) is 1. The van der Waals surface area contributed by atoms with Crippen LogP contribution < -0.4 is 15.4 Å². The average Bonchev–Trinajstić information content (AvgIpc) is 3.21. The first-order valence-electron chi connectivity index (χ1n) is 10.4. The fraction of sp³-hybridized carbons (Fsp3) is 0.320. The highest BCUT2D eigenvalue weighted by atomic mass is 15.8. The molecule has 2 aliphatic heterocycles. The van der Waals surface area contributed by atoms with Gasteiger partial charge < -0.3 is 9.80 Å². The summed E-state index contributed by atoms with van der Waals surface area (Å²) in [5, 5.41) is 4.19. The molecule has 0 bridgehead atoms. The average molecular weight is 402 g/mol. The third-order valence-electron chi connectivity index (χ3n) is 5.68. The predicted molar refractivity (Wildman–Crippen MR) is 124 cm³/mol. The Balaban J connectivity index is 1.49. The summed E-state index contributed by atoms with van der Waals surface area (Å²) in [4.78, 5) is 4.19. The van der Waals surface area contributed by atoms with E-state index in [0.717, 1.165) is 6.54 Å². The Hall–Kier alpha value is -2.92. The van der Waals surface area contributed by atoms with Crippen molar-refractivity contribution in [2.24, 2.45) is 0 Å². The van der Waals surface area contributed by atoms with Crippen molar-refractivity contribution in [2.75, 3.05) is 23.5 Å². The van der Waals surface area contributed by atoms with Gasteiger partial charge in [-0.1, -0.05) is 35.4 Å². The molecular formula is C25H31N5. The molecule has 5 heteroatoms. The van der Waals surface area contributed by atoms with Gasteiger partial charge in [0.25, 0.3) is 0 Å². The number of likely N-dealkylation sites (N-methyl/N-ethyl adjacent to an activating group) is 1. The summed E-state index contributed by atoms with van der Waals surface area (Å²) >= 11 is 0. The fourth-order valence-corrected chi connectivity index (χ4v) is 4.60. The molecule has 0 aliphatic carbocycles. The molecule has 1 N–H and O–H groups in total. The lowest BCUT2D eigenvalue weighted by Gasteiger charge is -2.25. The summed E-state index contributed by atoms with van der Waals surface area (Å²) in [5.41, 5.74) is 14.7. The maximum Gasteiger partial charge on any atom is 0.213 e. The molecule has 30 heavy (non-hydrogen) atoms. The van der Waals surface area contributed by atoms with Crippen LogP contribution in [-0.4, -0.2) is 23.5 Å². The summed E-state index contributed by atoms with van der Waals surface area (Å²) in [6.07, 6.45) is 6.34. The van der Waals surface area contributed by atoms with Crippen molar-refractivity contribution in [1.82, 2.24) is 15.4 Å². The van der Waals surface area contributed by atoms with Crippen molar-refractivity contribution in [2.45, 2.75) is 41.5 Å². The van der Waals surface area contributed by atoms with E-state index in [1.165, 1.54) is 50.5 Å². The Morgan fingerprint density at radius 1 is 0.767 bits per heavy atom. The third-order valence-corrected chi connectivity index (χ3v) is 5.68. The van der Waals surface area contributed by atoms with Crippen molar-refractivity contribution in [3.63, 3.8) is 0 Å². The Bertz CT molecular complexity index is 990. The van der Waals surface area contributed by atoms with Gasteiger partial charge in [-0.3, -0.25) is 10.0 Å². The second-order valence-corrected chi connectivity index (χ2v) is 8.54. The molecule has 0 unspecified atom stereocenters. The van der Waals surface area contributed by atoms with E-state index < -0.39 is 0 Å². The van der Waals surface area contributed by atoms with Crippen LogP contribution in [0.5, 0.6) is 0 Å². The minimum absolute atomic E-state index is 0.737. The molecule has 0 saturated heterocycles. The van der Waals surface area contributed by atoms with E-state index in [1.54, 1.807) is 0 Å². The lowest BCUT2D eigenvalue weighted by molar-refractivity contribution is 0.306. The maximum atomic E-state index is 3.48. The second kappa shape index (κ2) is 7.73. The van der Waals surface area contributed by atoms with E-state index in [1.807, 2.05) is 0 Å². The van der Waals surface area contributed by atoms with Crippen molar-refractivity contribution < 1.29 is 0 Å². The molecule has 156 valence electrons. The lowest BCUT2D eigenvalue weighted by atomic mass is 10.0. The number of aryl methyl sites for hydroxylation is 6. The number of hydrogen-bond donors (Lipinski definition) is 1. The van der Waals surface area contributed by atoms with Crippen LogP contribution in [0.4, 0.5) is 11.4 Å². The summed E-state index contributed by atoms with van der Waals surface area (Å²) in [6.45, 7) is 17.2. The Morgan fingerprint density at radius 2 is 1.30 bits per heavy atom. The Labute approximate surface area is 180 Å². The zero-order valence-corrected chi connectivity index (χ0v) is 19.0. The molecule has 0 amide bonds. The summed E-state index contributed by atoms with van der Waals surface area (Å²) in [6, 6.07) is 8.90. The minimum Gasteiger partial charge on any atom is -0.340 e. The molecular weight excluding hydrogens is 370 g/mol. The predicted octanol–water partition coefficient (Wildman–Crippen LogP) is 4.84. The van der Waals surface area contributed by atoms with Crippen LogP contribution in [0.3, 0.4) is 0 Å². The molecule has 2 aliphatic rings. The van der Waals surface area contributed by atoms with Gasteiger partial charge in [0.2, 0.25) is 6.67 Å². The first-order chi connectivity index (χ1) is 14.2. The van der Waals surface area contributed by atoms with Crippen molar-refractivity contribution in [3.05, 3.63) is 88.6 Å². The van der Waals surface area contributed by atoms with Gasteiger partial charge in [0.05, 0.1) is 17.9 Å². The highest BCUT2D eigenvalue weighted by Gasteiger charge is 2.25. The van der Waals surface area contributed by atoms with E-state index in [0.29, 0.717) is 0 Å². The first kappa shape index (κ1) is 20.4. The molecule has 0 saturated carbocycles. The number of nitrogens with zero attached hydrogens (tertiary/aromatic N) is 4. The molecule has 4 rings (SSSR count). The quantitative estimate of drug-likeness (QED) is 0.791. The van der Waals surface area contributed by atoms with E-state index in [9.17, 15) is 0 Å². The van der Waals surface area contributed by atoms with Crippen LogP contribution in [0, 0.1) is 48.2 Å². The van der Waals surface area contributed by atoms with Crippen LogP contribution >= 0.6 is 0 Å². The van der Waals surface area contributed by atoms with Crippen LogP contribution in [0.15, 0.2) is 48.6 Å². The van der Waals surface area contributed by atoms with Crippen molar-refractivity contribution >= 4 is 11.4 Å². The Morgan fingerprint density at radius 3 is 1.87 bits per heavy atom. The van der Waals surface area contributed by atoms with E-state index in [-0.39, 0.29) is 0 Å². The van der Waals surface area contributed by atoms with E-state index in [4.69, 9.17) is 0 Å². The van der Waals surface area contributed by atoms with Gasteiger partial charge in [-0.2, -0.15) is 0 Å². The molecule has 5 nitrogen and oxygen atoms in total. The van der Waals surface area contributed by atoms with Gasteiger partial charge in [-0.05, 0) is 63.8 Å². The molecule has 2 aromatic rings. The normalized spacial score (nSPS) is 16.2. The largest absolute Gasteiger partial charge is 0.340 e. The van der Waals surface area contributed by atoms with Crippen molar-refractivity contribution in [1.29, 1.82) is 0 Å². The lowest BCUT2D eigenvalue weighted by Crippen LogP contribution is -2.39.